The molecule has 0 aromatic carbocycles. The molecule has 0 aliphatic heterocycles. The van der Waals surface area contributed by atoms with E-state index >= 15 is 0 Å². The Kier molecular flexibility index (Phi) is 2.26. The largest absolute Gasteiger partial charge is 0.433 e. The molecule has 2 heterocycles. The van der Waals surface area contributed by atoms with Crippen LogP contribution < -0.4 is 0 Å². The Morgan fingerprint density at radius 3 is 2.67 bits per heavy atom. The lowest BCUT2D eigenvalue weighted by Gasteiger charge is -2.07. The van der Waals surface area contributed by atoms with Crippen molar-refractivity contribution in [1.29, 1.82) is 0 Å². The van der Waals surface area contributed by atoms with Crippen LogP contribution in [0.15, 0.2) is 24.5 Å². The molecule has 0 saturated carbocycles. The number of hydrogen-bond donors (Lipinski definition) is 0. The zero-order valence-corrected chi connectivity index (χ0v) is 7.97. The number of fused-ring (bicyclic) bond motifs is 1. The molecule has 2 nitrogen and oxygen atoms in total. The number of rotatable bonds is 0. The summed E-state index contributed by atoms with van der Waals surface area (Å²) in [4.78, 5) is 7.22. The second-order valence-corrected chi connectivity index (χ2v) is 3.29. The molecule has 0 unspecified atom stereocenters. The third-order valence-corrected chi connectivity index (χ3v) is 2.16. The summed E-state index contributed by atoms with van der Waals surface area (Å²) >= 11 is 5.69. The summed E-state index contributed by atoms with van der Waals surface area (Å²) in [5.74, 6) is 0. The Morgan fingerprint density at radius 2 is 2.00 bits per heavy atom. The molecule has 15 heavy (non-hydrogen) atoms. The molecule has 0 radical (unpaired) electrons. The molecule has 0 saturated heterocycles. The molecular formula is C9H4ClF3N2. The second-order valence-electron chi connectivity index (χ2n) is 2.88. The minimum atomic E-state index is -4.49. The third kappa shape index (κ3) is 1.87. The number of pyridine rings is 2. The van der Waals surface area contributed by atoms with E-state index in [1.807, 2.05) is 0 Å². The Hall–Kier alpha value is -1.36. The number of aromatic nitrogens is 2. The lowest BCUT2D eigenvalue weighted by molar-refractivity contribution is -0.140. The van der Waals surface area contributed by atoms with Crippen LogP contribution >= 0.6 is 11.6 Å². The van der Waals surface area contributed by atoms with Crippen LogP contribution in [-0.4, -0.2) is 9.97 Å². The van der Waals surface area contributed by atoms with Gasteiger partial charge in [-0.1, -0.05) is 11.6 Å². The van der Waals surface area contributed by atoms with Crippen molar-refractivity contribution in [3.05, 3.63) is 35.2 Å². The van der Waals surface area contributed by atoms with Gasteiger partial charge >= 0.3 is 6.18 Å². The van der Waals surface area contributed by atoms with Gasteiger partial charge in [0.2, 0.25) is 0 Å². The van der Waals surface area contributed by atoms with E-state index in [9.17, 15) is 13.2 Å². The van der Waals surface area contributed by atoms with Crippen molar-refractivity contribution in [2.24, 2.45) is 0 Å². The first-order chi connectivity index (χ1) is 6.98. The van der Waals surface area contributed by atoms with Crippen LogP contribution in [0.3, 0.4) is 0 Å². The molecule has 2 aromatic rings. The average Bonchev–Trinajstić information content (AvgIpc) is 2.16. The predicted molar refractivity (Wildman–Crippen MR) is 49.6 cm³/mol. The Morgan fingerprint density at radius 1 is 1.27 bits per heavy atom. The van der Waals surface area contributed by atoms with Gasteiger partial charge in [-0.2, -0.15) is 13.2 Å². The molecular weight excluding hydrogens is 229 g/mol. The monoisotopic (exact) mass is 232 g/mol. The van der Waals surface area contributed by atoms with Crippen LogP contribution in [0.4, 0.5) is 13.2 Å². The quantitative estimate of drug-likeness (QED) is 0.696. The minimum absolute atomic E-state index is 0.000394. The van der Waals surface area contributed by atoms with E-state index in [0.717, 1.165) is 6.07 Å². The molecule has 0 spiro atoms. The van der Waals surface area contributed by atoms with Crippen LogP contribution in [0.1, 0.15) is 5.69 Å². The topological polar surface area (TPSA) is 25.8 Å². The third-order valence-electron chi connectivity index (χ3n) is 1.85. The summed E-state index contributed by atoms with van der Waals surface area (Å²) in [6, 6.07) is 2.18. The molecule has 2 aromatic heterocycles. The predicted octanol–water partition coefficient (Wildman–Crippen LogP) is 3.30. The fraction of sp³-hybridized carbons (Fsp3) is 0.111. The van der Waals surface area contributed by atoms with Crippen molar-refractivity contribution < 1.29 is 13.2 Å². The number of alkyl halides is 3. The molecule has 6 heteroatoms. The van der Waals surface area contributed by atoms with Gasteiger partial charge in [-0.15, -0.1) is 0 Å². The van der Waals surface area contributed by atoms with Crippen LogP contribution in [0.5, 0.6) is 0 Å². The summed E-state index contributed by atoms with van der Waals surface area (Å²) in [6.07, 6.45) is -1.74. The number of hydrogen-bond acceptors (Lipinski definition) is 2. The van der Waals surface area contributed by atoms with E-state index in [4.69, 9.17) is 11.6 Å². The highest BCUT2D eigenvalue weighted by Gasteiger charge is 2.33. The summed E-state index contributed by atoms with van der Waals surface area (Å²) < 4.78 is 37.1. The molecule has 0 N–H and O–H groups in total. The Bertz CT molecular complexity index is 510. The first-order valence-electron chi connectivity index (χ1n) is 3.96. The van der Waals surface area contributed by atoms with Gasteiger partial charge in [-0.3, -0.25) is 4.98 Å². The van der Waals surface area contributed by atoms with Crippen molar-refractivity contribution >= 4 is 22.5 Å². The molecule has 2 rings (SSSR count). The van der Waals surface area contributed by atoms with Gasteiger partial charge in [0, 0.05) is 17.8 Å². The highest BCUT2D eigenvalue weighted by molar-refractivity contribution is 6.35. The van der Waals surface area contributed by atoms with Crippen LogP contribution in [-0.2, 0) is 6.18 Å². The van der Waals surface area contributed by atoms with E-state index in [1.54, 1.807) is 0 Å². The van der Waals surface area contributed by atoms with Crippen molar-refractivity contribution in [2.75, 3.05) is 0 Å². The smallest absolute Gasteiger partial charge is 0.264 e. The Labute approximate surface area is 87.7 Å². The van der Waals surface area contributed by atoms with Crippen LogP contribution in [0.25, 0.3) is 10.9 Å². The standard InChI is InChI=1S/C9H4ClF3N2/c10-6-3-8(9(11,12)13)15-7-1-2-14-4-5(6)7/h1-4H. The summed E-state index contributed by atoms with van der Waals surface area (Å²) in [5.41, 5.74) is -0.809. The summed E-state index contributed by atoms with van der Waals surface area (Å²) in [6.45, 7) is 0. The van der Waals surface area contributed by atoms with Crippen molar-refractivity contribution in [1.82, 2.24) is 9.97 Å². The highest BCUT2D eigenvalue weighted by Crippen LogP contribution is 2.32. The maximum Gasteiger partial charge on any atom is 0.433 e. The zero-order valence-electron chi connectivity index (χ0n) is 7.22. The van der Waals surface area contributed by atoms with Crippen molar-refractivity contribution in [3.63, 3.8) is 0 Å². The highest BCUT2D eigenvalue weighted by atomic mass is 35.5. The maximum atomic E-state index is 12.4. The number of nitrogens with zero attached hydrogens (tertiary/aromatic N) is 2. The maximum absolute atomic E-state index is 12.4. The molecule has 0 atom stereocenters. The van der Waals surface area contributed by atoms with E-state index in [2.05, 4.69) is 9.97 Å². The van der Waals surface area contributed by atoms with Crippen LogP contribution in [0, 0.1) is 0 Å². The minimum Gasteiger partial charge on any atom is -0.264 e. The molecule has 0 amide bonds. The lowest BCUT2D eigenvalue weighted by Crippen LogP contribution is -2.07. The second kappa shape index (κ2) is 3.34. The zero-order chi connectivity index (χ0) is 11.1. The first-order valence-corrected chi connectivity index (χ1v) is 4.34. The fourth-order valence-corrected chi connectivity index (χ4v) is 1.42. The summed E-state index contributed by atoms with van der Waals surface area (Å²) in [7, 11) is 0. The van der Waals surface area contributed by atoms with Crippen LogP contribution in [0.2, 0.25) is 5.02 Å². The van der Waals surface area contributed by atoms with E-state index < -0.39 is 11.9 Å². The van der Waals surface area contributed by atoms with E-state index in [-0.39, 0.29) is 10.5 Å². The lowest BCUT2D eigenvalue weighted by atomic mass is 10.2. The van der Waals surface area contributed by atoms with Gasteiger partial charge in [0.15, 0.2) is 0 Å². The van der Waals surface area contributed by atoms with E-state index in [0.29, 0.717) is 5.39 Å². The molecule has 0 aliphatic rings. The summed E-state index contributed by atoms with van der Waals surface area (Å²) in [5, 5.41) is 0.410. The van der Waals surface area contributed by atoms with Crippen molar-refractivity contribution in [3.8, 4) is 0 Å². The SMILES string of the molecule is FC(F)(F)c1cc(Cl)c2cnccc2n1. The molecule has 0 fully saturated rings. The van der Waals surface area contributed by atoms with Gasteiger partial charge < -0.3 is 0 Å². The van der Waals surface area contributed by atoms with Gasteiger partial charge in [-0.05, 0) is 12.1 Å². The Balaban J connectivity index is 2.73. The van der Waals surface area contributed by atoms with Gasteiger partial charge in [0.1, 0.15) is 5.69 Å². The normalized spacial score (nSPS) is 12.0. The van der Waals surface area contributed by atoms with Gasteiger partial charge in [0.05, 0.1) is 10.5 Å². The van der Waals surface area contributed by atoms with Crippen molar-refractivity contribution in [2.45, 2.75) is 6.18 Å². The van der Waals surface area contributed by atoms with Gasteiger partial charge in [0.25, 0.3) is 0 Å². The molecule has 0 aliphatic carbocycles. The van der Waals surface area contributed by atoms with E-state index in [1.165, 1.54) is 18.5 Å². The fourth-order valence-electron chi connectivity index (χ4n) is 1.17. The average molecular weight is 233 g/mol. The molecule has 0 bridgehead atoms. The number of halogens is 4. The first kappa shape index (κ1) is 10.2. The van der Waals surface area contributed by atoms with Gasteiger partial charge in [-0.25, -0.2) is 4.98 Å². The molecule has 78 valence electrons.